The van der Waals surface area contributed by atoms with Crippen LogP contribution < -0.4 is 21.5 Å². The van der Waals surface area contributed by atoms with Gasteiger partial charge in [0, 0.05) is 39.5 Å². The maximum atomic E-state index is 14.3. The van der Waals surface area contributed by atoms with Gasteiger partial charge in [0.15, 0.2) is 11.6 Å². The molecule has 2 aromatic carbocycles. The number of ether oxygens (including phenoxy) is 1. The van der Waals surface area contributed by atoms with Crippen molar-refractivity contribution in [3.05, 3.63) is 76.0 Å². The van der Waals surface area contributed by atoms with E-state index in [0.29, 0.717) is 47.1 Å². The van der Waals surface area contributed by atoms with Crippen LogP contribution in [0.15, 0.2) is 47.4 Å². The average Bonchev–Trinajstić information content (AvgIpc) is 3.43. The lowest BCUT2D eigenvalue weighted by Crippen LogP contribution is -2.31. The molecule has 12 heteroatoms. The minimum Gasteiger partial charge on any atom is -0.377 e. The largest absolute Gasteiger partial charge is 0.377 e. The molecule has 37 heavy (non-hydrogen) atoms. The monoisotopic (exact) mass is 509 g/mol. The van der Waals surface area contributed by atoms with E-state index in [1.54, 1.807) is 13.2 Å². The molecule has 3 heterocycles. The number of nitrogens with zero attached hydrogens (tertiary/aromatic N) is 5. The van der Waals surface area contributed by atoms with Gasteiger partial charge in [-0.2, -0.15) is 9.78 Å². The van der Waals surface area contributed by atoms with E-state index in [1.807, 2.05) is 22.6 Å². The standard InChI is InChI=1S/C25H25F2N7O3/c1-32-19-7-6-18(23(33-11-9-14(28)12-33)21(19)31-20(32)13-37-2)30-24(35)15-8-10-29-34(25(15)36)22-16(26)4-3-5-17(22)27/h3-8,10,14H,9,11-13,28H2,1-2H3,(H,30,35). The van der Waals surface area contributed by atoms with Crippen LogP contribution in [-0.2, 0) is 18.4 Å². The number of hydrogen-bond donors (Lipinski definition) is 2. The summed E-state index contributed by atoms with van der Waals surface area (Å²) in [6.07, 6.45) is 1.91. The highest BCUT2D eigenvalue weighted by Gasteiger charge is 2.27. The number of amides is 1. The number of aryl methyl sites for hydroxylation is 1. The van der Waals surface area contributed by atoms with Crippen LogP contribution in [0.1, 0.15) is 22.6 Å². The maximum Gasteiger partial charge on any atom is 0.284 e. The number of nitrogens with two attached hydrogens (primary N) is 1. The molecule has 2 aromatic heterocycles. The molecule has 5 rings (SSSR count). The first-order valence-electron chi connectivity index (χ1n) is 11.6. The van der Waals surface area contributed by atoms with E-state index >= 15 is 0 Å². The number of rotatable bonds is 6. The Bertz CT molecular complexity index is 1550. The van der Waals surface area contributed by atoms with E-state index in [0.717, 1.165) is 30.3 Å². The van der Waals surface area contributed by atoms with E-state index in [2.05, 4.69) is 10.4 Å². The number of aromatic nitrogens is 4. The predicted molar refractivity (Wildman–Crippen MR) is 134 cm³/mol. The van der Waals surface area contributed by atoms with Gasteiger partial charge in [0.05, 0.1) is 16.9 Å². The summed E-state index contributed by atoms with van der Waals surface area (Å²) in [4.78, 5) is 33.2. The van der Waals surface area contributed by atoms with Crippen molar-refractivity contribution in [2.24, 2.45) is 12.8 Å². The molecular weight excluding hydrogens is 484 g/mol. The lowest BCUT2D eigenvalue weighted by molar-refractivity contribution is 0.102. The quantitative estimate of drug-likeness (QED) is 0.409. The van der Waals surface area contributed by atoms with Crippen LogP contribution in [0.25, 0.3) is 16.7 Å². The normalized spacial score (nSPS) is 15.5. The second-order valence-electron chi connectivity index (χ2n) is 8.83. The average molecular weight is 510 g/mol. The second-order valence-corrected chi connectivity index (χ2v) is 8.83. The van der Waals surface area contributed by atoms with E-state index in [4.69, 9.17) is 15.5 Å². The summed E-state index contributed by atoms with van der Waals surface area (Å²) in [7, 11) is 3.46. The van der Waals surface area contributed by atoms with Gasteiger partial charge in [0.2, 0.25) is 0 Å². The number of fused-ring (bicyclic) bond motifs is 1. The Morgan fingerprint density at radius 2 is 1.95 bits per heavy atom. The zero-order valence-corrected chi connectivity index (χ0v) is 20.2. The molecule has 0 saturated carbocycles. The fourth-order valence-electron chi connectivity index (χ4n) is 4.59. The summed E-state index contributed by atoms with van der Waals surface area (Å²) in [5, 5.41) is 6.57. The van der Waals surface area contributed by atoms with Crippen molar-refractivity contribution in [3.63, 3.8) is 0 Å². The van der Waals surface area contributed by atoms with Gasteiger partial charge in [0.25, 0.3) is 11.5 Å². The molecule has 192 valence electrons. The van der Waals surface area contributed by atoms with E-state index in [9.17, 15) is 18.4 Å². The molecule has 1 saturated heterocycles. The minimum atomic E-state index is -0.979. The van der Waals surface area contributed by atoms with E-state index in [-0.39, 0.29) is 11.6 Å². The van der Waals surface area contributed by atoms with Gasteiger partial charge in [-0.3, -0.25) is 9.59 Å². The number of anilines is 2. The summed E-state index contributed by atoms with van der Waals surface area (Å²) in [5.41, 5.74) is 6.80. The smallest absolute Gasteiger partial charge is 0.284 e. The van der Waals surface area contributed by atoms with E-state index in [1.165, 1.54) is 12.1 Å². The number of para-hydroxylation sites is 1. The number of nitrogens with one attached hydrogen (secondary N) is 1. The Kier molecular flexibility index (Phi) is 6.44. The molecule has 3 N–H and O–H groups in total. The summed E-state index contributed by atoms with van der Waals surface area (Å²) in [6.45, 7) is 1.52. The van der Waals surface area contributed by atoms with Crippen LogP contribution in [0.4, 0.5) is 20.2 Å². The van der Waals surface area contributed by atoms with Crippen molar-refractivity contribution >= 4 is 28.3 Å². The molecule has 1 atom stereocenters. The molecule has 4 aromatic rings. The van der Waals surface area contributed by atoms with Gasteiger partial charge in [-0.1, -0.05) is 6.07 Å². The summed E-state index contributed by atoms with van der Waals surface area (Å²) >= 11 is 0. The zero-order chi connectivity index (χ0) is 26.3. The highest BCUT2D eigenvalue weighted by Crippen LogP contribution is 2.36. The highest BCUT2D eigenvalue weighted by atomic mass is 19.1. The number of carbonyl (C=O) groups excluding carboxylic acids is 1. The fourth-order valence-corrected chi connectivity index (χ4v) is 4.59. The summed E-state index contributed by atoms with van der Waals surface area (Å²) in [5.74, 6) is -2.01. The number of benzene rings is 2. The Hall–Kier alpha value is -4.16. The van der Waals surface area contributed by atoms with Crippen LogP contribution in [0.2, 0.25) is 0 Å². The van der Waals surface area contributed by atoms with Crippen LogP contribution in [0, 0.1) is 11.6 Å². The molecule has 1 aliphatic heterocycles. The molecule has 1 unspecified atom stereocenters. The molecule has 0 spiro atoms. The fraction of sp³-hybridized carbons (Fsp3) is 0.280. The molecule has 0 aliphatic carbocycles. The molecule has 1 fully saturated rings. The Balaban J connectivity index is 1.58. The van der Waals surface area contributed by atoms with Crippen molar-refractivity contribution in [1.82, 2.24) is 19.3 Å². The predicted octanol–water partition coefficient (Wildman–Crippen LogP) is 2.33. The minimum absolute atomic E-state index is 0.0379. The first-order valence-corrected chi connectivity index (χ1v) is 11.6. The van der Waals surface area contributed by atoms with Crippen molar-refractivity contribution < 1.29 is 18.3 Å². The summed E-state index contributed by atoms with van der Waals surface area (Å²) < 4.78 is 36.4. The number of methoxy groups -OCH3 is 1. The van der Waals surface area contributed by atoms with Crippen molar-refractivity contribution in [1.29, 1.82) is 0 Å². The van der Waals surface area contributed by atoms with Gasteiger partial charge in [0.1, 0.15) is 29.2 Å². The van der Waals surface area contributed by atoms with Gasteiger partial charge in [-0.25, -0.2) is 13.8 Å². The van der Waals surface area contributed by atoms with Crippen LogP contribution >= 0.6 is 0 Å². The Labute approximate surface area is 210 Å². The third kappa shape index (κ3) is 4.34. The van der Waals surface area contributed by atoms with Gasteiger partial charge in [-0.15, -0.1) is 0 Å². The third-order valence-corrected chi connectivity index (χ3v) is 6.42. The Morgan fingerprint density at radius 1 is 1.19 bits per heavy atom. The Morgan fingerprint density at radius 3 is 2.62 bits per heavy atom. The van der Waals surface area contributed by atoms with Crippen molar-refractivity contribution in [2.45, 2.75) is 19.1 Å². The lowest BCUT2D eigenvalue weighted by atomic mass is 10.2. The van der Waals surface area contributed by atoms with Crippen LogP contribution in [0.3, 0.4) is 0 Å². The number of halogens is 2. The van der Waals surface area contributed by atoms with Crippen molar-refractivity contribution in [2.75, 3.05) is 30.4 Å². The first-order chi connectivity index (χ1) is 17.8. The number of imidazole rings is 1. The number of carbonyl (C=O) groups is 1. The van der Waals surface area contributed by atoms with Crippen LogP contribution in [0.5, 0.6) is 0 Å². The van der Waals surface area contributed by atoms with Gasteiger partial charge in [-0.05, 0) is 36.8 Å². The maximum absolute atomic E-state index is 14.3. The molecule has 10 nitrogen and oxygen atoms in total. The molecule has 1 aliphatic rings. The van der Waals surface area contributed by atoms with Gasteiger partial charge >= 0.3 is 0 Å². The lowest BCUT2D eigenvalue weighted by Gasteiger charge is -2.22. The van der Waals surface area contributed by atoms with Crippen LogP contribution in [-0.4, -0.2) is 51.5 Å². The molecule has 0 radical (unpaired) electrons. The second kappa shape index (κ2) is 9.71. The molecule has 1 amide bonds. The summed E-state index contributed by atoms with van der Waals surface area (Å²) in [6, 6.07) is 7.90. The molecule has 0 bridgehead atoms. The number of hydrogen-bond acceptors (Lipinski definition) is 7. The first kappa shape index (κ1) is 24.5. The topological polar surface area (TPSA) is 120 Å². The van der Waals surface area contributed by atoms with Gasteiger partial charge < -0.3 is 25.3 Å². The van der Waals surface area contributed by atoms with E-state index < -0.39 is 28.8 Å². The third-order valence-electron chi connectivity index (χ3n) is 6.42. The van der Waals surface area contributed by atoms with Crippen molar-refractivity contribution in [3.8, 4) is 5.69 Å². The highest BCUT2D eigenvalue weighted by molar-refractivity contribution is 6.09. The SMILES string of the molecule is COCc1nc2c(N3CCC(N)C3)c(NC(=O)c3ccnn(-c4c(F)cccc4F)c3=O)ccc2n1C. The molecular formula is C25H25F2N7O3. The zero-order valence-electron chi connectivity index (χ0n) is 20.2.